The maximum atomic E-state index is 14.5. The molecule has 2 N–H and O–H groups in total. The highest BCUT2D eigenvalue weighted by atomic mass is 19.4. The van der Waals surface area contributed by atoms with E-state index < -0.39 is 34.7 Å². The van der Waals surface area contributed by atoms with Crippen LogP contribution in [0.4, 0.5) is 27.9 Å². The molecule has 0 unspecified atom stereocenters. The standard InChI is InChI=1S/C18H16F5N5O2/c1-27(7-3-8(29)4-7)17-24-6-10-14(26-28(2)16(10)25-17)9-5-11(18(21,22)23)13(20)15(30)12(9)19/h5-8,29-30H,3-4H2,1-2H3. The fraction of sp³-hybridized carbons (Fsp3) is 0.389. The molecule has 1 fully saturated rings. The van der Waals surface area contributed by atoms with Crippen LogP contribution >= 0.6 is 0 Å². The molecular weight excluding hydrogens is 413 g/mol. The number of anilines is 1. The van der Waals surface area contributed by atoms with Crippen molar-refractivity contribution in [3.05, 3.63) is 29.5 Å². The van der Waals surface area contributed by atoms with Crippen molar-refractivity contribution in [2.24, 2.45) is 7.05 Å². The van der Waals surface area contributed by atoms with Gasteiger partial charge < -0.3 is 15.1 Å². The first-order valence-electron chi connectivity index (χ1n) is 8.88. The van der Waals surface area contributed by atoms with Gasteiger partial charge >= 0.3 is 6.18 Å². The molecule has 1 aromatic carbocycles. The smallest absolute Gasteiger partial charge is 0.419 e. The zero-order valence-corrected chi connectivity index (χ0v) is 15.7. The number of aryl methyl sites for hydroxylation is 1. The van der Waals surface area contributed by atoms with Crippen molar-refractivity contribution in [3.8, 4) is 17.0 Å². The summed E-state index contributed by atoms with van der Waals surface area (Å²) in [7, 11) is 3.20. The van der Waals surface area contributed by atoms with E-state index in [0.29, 0.717) is 18.8 Å². The lowest BCUT2D eigenvalue weighted by Gasteiger charge is -2.38. The van der Waals surface area contributed by atoms with Crippen LogP contribution in [-0.2, 0) is 13.2 Å². The van der Waals surface area contributed by atoms with Crippen LogP contribution in [0.3, 0.4) is 0 Å². The maximum absolute atomic E-state index is 14.5. The summed E-state index contributed by atoms with van der Waals surface area (Å²) in [5.74, 6) is -5.09. The van der Waals surface area contributed by atoms with Crippen molar-refractivity contribution in [2.75, 3.05) is 11.9 Å². The van der Waals surface area contributed by atoms with Gasteiger partial charge in [0, 0.05) is 31.9 Å². The monoisotopic (exact) mass is 429 g/mol. The van der Waals surface area contributed by atoms with Gasteiger partial charge in [-0.25, -0.2) is 18.4 Å². The van der Waals surface area contributed by atoms with Crippen LogP contribution in [0.2, 0.25) is 0 Å². The molecule has 1 aliphatic carbocycles. The van der Waals surface area contributed by atoms with E-state index in [1.807, 2.05) is 0 Å². The van der Waals surface area contributed by atoms with Gasteiger partial charge in [-0.2, -0.15) is 23.3 Å². The van der Waals surface area contributed by atoms with Crippen LogP contribution in [0.25, 0.3) is 22.3 Å². The van der Waals surface area contributed by atoms with E-state index in [9.17, 15) is 32.2 Å². The Bertz CT molecular complexity index is 1140. The van der Waals surface area contributed by atoms with E-state index >= 15 is 0 Å². The highest BCUT2D eigenvalue weighted by molar-refractivity contribution is 5.91. The summed E-state index contributed by atoms with van der Waals surface area (Å²) in [6.45, 7) is 0. The first kappa shape index (κ1) is 20.3. The fourth-order valence-corrected chi connectivity index (χ4v) is 3.44. The van der Waals surface area contributed by atoms with E-state index in [1.165, 1.54) is 17.9 Å². The van der Waals surface area contributed by atoms with Gasteiger partial charge in [0.25, 0.3) is 0 Å². The van der Waals surface area contributed by atoms with Gasteiger partial charge in [-0.3, -0.25) is 0 Å². The molecule has 0 bridgehead atoms. The first-order valence-corrected chi connectivity index (χ1v) is 8.88. The molecule has 3 aromatic rings. The molecule has 30 heavy (non-hydrogen) atoms. The van der Waals surface area contributed by atoms with Crippen molar-refractivity contribution in [1.82, 2.24) is 19.7 Å². The average Bonchev–Trinajstić information content (AvgIpc) is 2.98. The van der Waals surface area contributed by atoms with Gasteiger partial charge in [0.05, 0.1) is 17.1 Å². The zero-order valence-electron chi connectivity index (χ0n) is 15.7. The molecule has 4 rings (SSSR count). The van der Waals surface area contributed by atoms with Gasteiger partial charge in [0.15, 0.2) is 23.0 Å². The molecule has 0 saturated heterocycles. The summed E-state index contributed by atoms with van der Waals surface area (Å²) in [4.78, 5) is 10.3. The number of benzene rings is 1. The largest absolute Gasteiger partial charge is 0.503 e. The summed E-state index contributed by atoms with van der Waals surface area (Å²) in [5.41, 5.74) is -2.59. The zero-order chi connectivity index (χ0) is 22.0. The second-order valence-corrected chi connectivity index (χ2v) is 7.22. The van der Waals surface area contributed by atoms with E-state index in [2.05, 4.69) is 15.1 Å². The third kappa shape index (κ3) is 3.11. The number of nitrogens with zero attached hydrogens (tertiary/aromatic N) is 5. The van der Waals surface area contributed by atoms with Gasteiger partial charge in [-0.1, -0.05) is 0 Å². The van der Waals surface area contributed by atoms with Crippen molar-refractivity contribution in [1.29, 1.82) is 0 Å². The number of fused-ring (bicyclic) bond motifs is 1. The quantitative estimate of drug-likeness (QED) is 0.623. The number of rotatable bonds is 3. The van der Waals surface area contributed by atoms with Crippen molar-refractivity contribution >= 4 is 17.0 Å². The predicted molar refractivity (Wildman–Crippen MR) is 95.8 cm³/mol. The maximum Gasteiger partial charge on any atom is 0.419 e. The third-order valence-corrected chi connectivity index (χ3v) is 5.26. The summed E-state index contributed by atoms with van der Waals surface area (Å²) < 4.78 is 68.8. The van der Waals surface area contributed by atoms with Crippen LogP contribution in [0.5, 0.6) is 5.75 Å². The van der Waals surface area contributed by atoms with E-state index in [1.54, 1.807) is 11.9 Å². The van der Waals surface area contributed by atoms with E-state index in [-0.39, 0.29) is 34.9 Å². The fourth-order valence-electron chi connectivity index (χ4n) is 3.44. The number of hydrogen-bond acceptors (Lipinski definition) is 6. The number of aromatic hydroxyl groups is 1. The topological polar surface area (TPSA) is 87.3 Å². The Balaban J connectivity index is 1.84. The van der Waals surface area contributed by atoms with Crippen molar-refractivity contribution in [3.63, 3.8) is 0 Å². The Hall–Kier alpha value is -3.02. The minimum absolute atomic E-state index is 0.0333. The van der Waals surface area contributed by atoms with Crippen LogP contribution in [0.15, 0.2) is 12.3 Å². The van der Waals surface area contributed by atoms with Crippen molar-refractivity contribution < 1.29 is 32.2 Å². The number of phenols is 1. The summed E-state index contributed by atoms with van der Waals surface area (Å²) in [5, 5.41) is 23.2. The Morgan fingerprint density at radius 1 is 1.20 bits per heavy atom. The molecule has 0 atom stereocenters. The molecule has 2 aromatic heterocycles. The Morgan fingerprint density at radius 2 is 1.87 bits per heavy atom. The summed E-state index contributed by atoms with van der Waals surface area (Å²) in [6.07, 6.45) is -3.15. The second kappa shape index (κ2) is 6.76. The first-order chi connectivity index (χ1) is 14.0. The van der Waals surface area contributed by atoms with E-state index in [4.69, 9.17) is 0 Å². The molecule has 2 heterocycles. The minimum atomic E-state index is -5.14. The normalized spacial score (nSPS) is 19.2. The van der Waals surface area contributed by atoms with Crippen LogP contribution < -0.4 is 4.90 Å². The molecule has 7 nitrogen and oxygen atoms in total. The van der Waals surface area contributed by atoms with Gasteiger partial charge in [0.1, 0.15) is 5.69 Å². The summed E-state index contributed by atoms with van der Waals surface area (Å²) >= 11 is 0. The van der Waals surface area contributed by atoms with Gasteiger partial charge in [0.2, 0.25) is 5.95 Å². The Morgan fingerprint density at radius 3 is 2.47 bits per heavy atom. The summed E-state index contributed by atoms with van der Waals surface area (Å²) in [6, 6.07) is 0.299. The number of phenolic OH excluding ortho intramolecular Hbond substituents is 1. The molecule has 12 heteroatoms. The average molecular weight is 429 g/mol. The second-order valence-electron chi connectivity index (χ2n) is 7.22. The Kier molecular flexibility index (Phi) is 4.56. The number of halogens is 5. The Labute approximate surface area is 166 Å². The van der Waals surface area contributed by atoms with Crippen molar-refractivity contribution in [2.45, 2.75) is 31.2 Å². The number of aliphatic hydroxyl groups is 1. The molecule has 0 radical (unpaired) electrons. The lowest BCUT2D eigenvalue weighted by atomic mass is 9.88. The number of aromatic nitrogens is 4. The molecular formula is C18H16F5N5O2. The highest BCUT2D eigenvalue weighted by Crippen LogP contribution is 2.41. The van der Waals surface area contributed by atoms with Crippen LogP contribution in [-0.4, -0.2) is 49.2 Å². The number of aliphatic hydroxyl groups excluding tert-OH is 1. The van der Waals surface area contributed by atoms with Gasteiger partial charge in [-0.15, -0.1) is 0 Å². The number of alkyl halides is 3. The highest BCUT2D eigenvalue weighted by Gasteiger charge is 2.38. The lowest BCUT2D eigenvalue weighted by Crippen LogP contribution is -2.46. The number of hydrogen-bond donors (Lipinski definition) is 2. The predicted octanol–water partition coefficient (Wildman–Crippen LogP) is 2.99. The molecule has 0 aliphatic heterocycles. The minimum Gasteiger partial charge on any atom is -0.503 e. The SMILES string of the molecule is CN(c1ncc2c(-c3cc(C(F)(F)F)c(F)c(O)c3F)nn(C)c2n1)C1CC(O)C1. The third-order valence-electron chi connectivity index (χ3n) is 5.26. The molecule has 1 aliphatic rings. The molecule has 0 spiro atoms. The van der Waals surface area contributed by atoms with Crippen LogP contribution in [0.1, 0.15) is 18.4 Å². The van der Waals surface area contributed by atoms with Gasteiger partial charge in [-0.05, 0) is 18.9 Å². The lowest BCUT2D eigenvalue weighted by molar-refractivity contribution is -0.140. The molecule has 0 amide bonds. The van der Waals surface area contributed by atoms with E-state index in [0.717, 1.165) is 0 Å². The molecule has 160 valence electrons. The molecule has 1 saturated carbocycles. The van der Waals surface area contributed by atoms with Crippen LogP contribution in [0, 0.1) is 11.6 Å².